The van der Waals surface area contributed by atoms with E-state index in [9.17, 15) is 4.79 Å². The maximum Gasteiger partial charge on any atom is 0.146 e. The molecule has 0 fully saturated rings. The molecule has 2 rings (SSSR count). The summed E-state index contributed by atoms with van der Waals surface area (Å²) in [7, 11) is 0. The Morgan fingerprint density at radius 1 is 1.47 bits per heavy atom. The molecule has 0 radical (unpaired) electrons. The van der Waals surface area contributed by atoms with Crippen molar-refractivity contribution in [3.8, 4) is 0 Å². The lowest BCUT2D eigenvalue weighted by molar-refractivity contribution is -0.105. The molecule has 0 saturated heterocycles. The van der Waals surface area contributed by atoms with Gasteiger partial charge in [0, 0.05) is 15.3 Å². The maximum absolute atomic E-state index is 11.1. The normalized spacial score (nSPS) is 23.3. The first-order chi connectivity index (χ1) is 8.08. The molecule has 2 heteroatoms. The van der Waals surface area contributed by atoms with Gasteiger partial charge in [-0.2, -0.15) is 0 Å². The largest absolute Gasteiger partial charge is 0.298 e. The minimum atomic E-state index is -0.319. The molecule has 1 atom stereocenters. The lowest BCUT2D eigenvalue weighted by Gasteiger charge is -2.31. The van der Waals surface area contributed by atoms with E-state index in [-0.39, 0.29) is 5.41 Å². The predicted octanol–water partition coefficient (Wildman–Crippen LogP) is 3.96. The standard InChI is InChI=1S/C15H16OS/c1-11-6-8-15(9-7-11,12(2)10-16)14-5-4-13(3)17-14/h4-8,10H,2,9H2,1,3H3. The number of carbonyl (C=O) groups is 1. The van der Waals surface area contributed by atoms with Crippen LogP contribution >= 0.6 is 11.3 Å². The Hall–Kier alpha value is -1.41. The number of rotatable bonds is 3. The van der Waals surface area contributed by atoms with Gasteiger partial charge in [0.25, 0.3) is 0 Å². The van der Waals surface area contributed by atoms with E-state index in [0.29, 0.717) is 5.57 Å². The first-order valence-corrected chi connectivity index (χ1v) is 6.47. The molecule has 1 heterocycles. The van der Waals surface area contributed by atoms with E-state index in [1.54, 1.807) is 11.3 Å². The van der Waals surface area contributed by atoms with E-state index in [4.69, 9.17) is 0 Å². The number of hydrogen-bond donors (Lipinski definition) is 0. The lowest BCUT2D eigenvalue weighted by atomic mass is 9.74. The van der Waals surface area contributed by atoms with Crippen LogP contribution < -0.4 is 0 Å². The third kappa shape index (κ3) is 2.05. The van der Waals surface area contributed by atoms with Gasteiger partial charge < -0.3 is 0 Å². The average molecular weight is 244 g/mol. The molecule has 17 heavy (non-hydrogen) atoms. The molecule has 1 aromatic heterocycles. The van der Waals surface area contributed by atoms with Gasteiger partial charge in [-0.1, -0.05) is 30.4 Å². The molecule has 1 aliphatic rings. The Morgan fingerprint density at radius 2 is 2.24 bits per heavy atom. The van der Waals surface area contributed by atoms with E-state index in [1.807, 2.05) is 0 Å². The molecule has 0 amide bonds. The molecule has 0 saturated carbocycles. The van der Waals surface area contributed by atoms with Crippen molar-refractivity contribution in [1.82, 2.24) is 0 Å². The molecule has 1 unspecified atom stereocenters. The Balaban J connectivity index is 2.50. The van der Waals surface area contributed by atoms with Crippen molar-refractivity contribution in [3.63, 3.8) is 0 Å². The molecule has 0 bridgehead atoms. The molecule has 0 aromatic carbocycles. The number of aryl methyl sites for hydroxylation is 1. The topological polar surface area (TPSA) is 17.1 Å². The van der Waals surface area contributed by atoms with Crippen molar-refractivity contribution in [2.75, 3.05) is 0 Å². The molecule has 0 N–H and O–H groups in total. The van der Waals surface area contributed by atoms with Crippen LogP contribution in [-0.2, 0) is 10.2 Å². The van der Waals surface area contributed by atoms with Gasteiger partial charge in [-0.15, -0.1) is 11.3 Å². The third-order valence-electron chi connectivity index (χ3n) is 3.27. The molecule has 88 valence electrons. The monoisotopic (exact) mass is 244 g/mol. The van der Waals surface area contributed by atoms with Crippen LogP contribution in [0.5, 0.6) is 0 Å². The zero-order valence-electron chi connectivity index (χ0n) is 10.2. The van der Waals surface area contributed by atoms with Crippen molar-refractivity contribution in [1.29, 1.82) is 0 Å². The summed E-state index contributed by atoms with van der Waals surface area (Å²) in [5.41, 5.74) is 1.56. The van der Waals surface area contributed by atoms with Crippen LogP contribution in [0.3, 0.4) is 0 Å². The average Bonchev–Trinajstić information content (AvgIpc) is 2.77. The van der Waals surface area contributed by atoms with Gasteiger partial charge in [-0.05, 0) is 32.4 Å². The molecule has 1 nitrogen and oxygen atoms in total. The molecular weight excluding hydrogens is 228 g/mol. The van der Waals surface area contributed by atoms with Gasteiger partial charge in [0.2, 0.25) is 0 Å². The number of allylic oxidation sites excluding steroid dienone is 5. The second-order valence-corrected chi connectivity index (χ2v) is 5.80. The second-order valence-electron chi connectivity index (χ2n) is 4.51. The zero-order valence-corrected chi connectivity index (χ0v) is 11.0. The summed E-state index contributed by atoms with van der Waals surface area (Å²) in [5.74, 6) is 0. The van der Waals surface area contributed by atoms with Crippen molar-refractivity contribution in [2.45, 2.75) is 25.7 Å². The van der Waals surface area contributed by atoms with E-state index in [0.717, 1.165) is 12.7 Å². The summed E-state index contributed by atoms with van der Waals surface area (Å²) in [5, 5.41) is 0. The Bertz CT molecular complexity index is 519. The summed E-state index contributed by atoms with van der Waals surface area (Å²) >= 11 is 1.74. The first kappa shape index (κ1) is 12.1. The van der Waals surface area contributed by atoms with Crippen LogP contribution in [0.2, 0.25) is 0 Å². The fourth-order valence-corrected chi connectivity index (χ4v) is 3.17. The molecule has 0 aliphatic heterocycles. The minimum Gasteiger partial charge on any atom is -0.298 e. The number of thiophene rings is 1. The summed E-state index contributed by atoms with van der Waals surface area (Å²) in [6.07, 6.45) is 8.07. The predicted molar refractivity (Wildman–Crippen MR) is 73.5 cm³/mol. The van der Waals surface area contributed by atoms with Gasteiger partial charge in [-0.25, -0.2) is 0 Å². The third-order valence-corrected chi connectivity index (χ3v) is 4.45. The fourth-order valence-electron chi connectivity index (χ4n) is 2.09. The quantitative estimate of drug-likeness (QED) is 0.581. The van der Waals surface area contributed by atoms with Crippen LogP contribution in [-0.4, -0.2) is 6.29 Å². The molecule has 1 aromatic rings. The van der Waals surface area contributed by atoms with Crippen LogP contribution in [0.25, 0.3) is 0 Å². The SMILES string of the molecule is C=C(C=O)C1(c2ccc(C)s2)C=CC(C)=CC1. The van der Waals surface area contributed by atoms with E-state index < -0.39 is 0 Å². The van der Waals surface area contributed by atoms with Gasteiger partial charge in [0.1, 0.15) is 6.29 Å². The van der Waals surface area contributed by atoms with Crippen molar-refractivity contribution in [3.05, 3.63) is 57.8 Å². The Labute approximate surface area is 106 Å². The highest BCUT2D eigenvalue weighted by Gasteiger charge is 2.34. The molecular formula is C15H16OS. The highest BCUT2D eigenvalue weighted by Crippen LogP contribution is 2.42. The fraction of sp³-hybridized carbons (Fsp3) is 0.267. The van der Waals surface area contributed by atoms with Crippen molar-refractivity contribution >= 4 is 17.6 Å². The maximum atomic E-state index is 11.1. The first-order valence-electron chi connectivity index (χ1n) is 5.66. The summed E-state index contributed by atoms with van der Waals surface area (Å²) in [4.78, 5) is 13.6. The number of hydrogen-bond acceptors (Lipinski definition) is 2. The van der Waals surface area contributed by atoms with Crippen LogP contribution in [0.4, 0.5) is 0 Å². The van der Waals surface area contributed by atoms with Crippen LogP contribution in [0.1, 0.15) is 23.1 Å². The van der Waals surface area contributed by atoms with E-state index >= 15 is 0 Å². The van der Waals surface area contributed by atoms with E-state index in [1.165, 1.54) is 15.3 Å². The van der Waals surface area contributed by atoms with Crippen LogP contribution in [0.15, 0.2) is 48.1 Å². The van der Waals surface area contributed by atoms with Crippen molar-refractivity contribution in [2.24, 2.45) is 0 Å². The Morgan fingerprint density at radius 3 is 2.71 bits per heavy atom. The summed E-state index contributed by atoms with van der Waals surface area (Å²) < 4.78 is 0. The highest BCUT2D eigenvalue weighted by atomic mass is 32.1. The Kier molecular flexibility index (Phi) is 3.16. The summed E-state index contributed by atoms with van der Waals surface area (Å²) in [6.45, 7) is 8.09. The molecule has 0 spiro atoms. The van der Waals surface area contributed by atoms with Gasteiger partial charge in [-0.3, -0.25) is 4.79 Å². The highest BCUT2D eigenvalue weighted by molar-refractivity contribution is 7.12. The lowest BCUT2D eigenvalue weighted by Crippen LogP contribution is -2.26. The summed E-state index contributed by atoms with van der Waals surface area (Å²) in [6, 6.07) is 4.20. The zero-order chi connectivity index (χ0) is 12.5. The van der Waals surface area contributed by atoms with E-state index in [2.05, 4.69) is 50.8 Å². The number of carbonyl (C=O) groups excluding carboxylic acids is 1. The van der Waals surface area contributed by atoms with Gasteiger partial charge in [0.15, 0.2) is 0 Å². The number of aldehydes is 1. The minimum absolute atomic E-state index is 0.319. The van der Waals surface area contributed by atoms with Crippen LogP contribution in [0, 0.1) is 6.92 Å². The second kappa shape index (κ2) is 4.46. The smallest absolute Gasteiger partial charge is 0.146 e. The van der Waals surface area contributed by atoms with Gasteiger partial charge in [0.05, 0.1) is 5.41 Å². The molecule has 1 aliphatic carbocycles. The van der Waals surface area contributed by atoms with Crippen molar-refractivity contribution < 1.29 is 4.79 Å². The van der Waals surface area contributed by atoms with Gasteiger partial charge >= 0.3 is 0 Å².